The molecule has 0 atom stereocenters. The van der Waals surface area contributed by atoms with Gasteiger partial charge < -0.3 is 15.6 Å². The lowest BCUT2D eigenvalue weighted by Gasteiger charge is -2.02. The Morgan fingerprint density at radius 2 is 1.73 bits per heavy atom. The summed E-state index contributed by atoms with van der Waals surface area (Å²) in [5.41, 5.74) is 6.26. The summed E-state index contributed by atoms with van der Waals surface area (Å²) >= 11 is 0. The van der Waals surface area contributed by atoms with Crippen LogP contribution in [0.2, 0.25) is 0 Å². The van der Waals surface area contributed by atoms with Crippen molar-refractivity contribution < 1.29 is 19.4 Å². The van der Waals surface area contributed by atoms with Crippen LogP contribution in [-0.4, -0.2) is 17.2 Å². The lowest BCUT2D eigenvalue weighted by Crippen LogP contribution is -2.12. The maximum Gasteiger partial charge on any atom is 0.404 e. The number of hydrogen-bond acceptors (Lipinski definition) is 3. The lowest BCUT2D eigenvalue weighted by atomic mass is 10.1. The Morgan fingerprint density at radius 1 is 1.20 bits per heavy atom. The average molecular weight is 209 g/mol. The predicted octanol–water partition coefficient (Wildman–Crippen LogP) is 0.909. The zero-order valence-corrected chi connectivity index (χ0v) is 7.97. The molecule has 0 aliphatic heterocycles. The number of carbonyl (C=O) groups is 2. The molecule has 0 fully saturated rings. The molecule has 15 heavy (non-hydrogen) atoms. The van der Waals surface area contributed by atoms with Gasteiger partial charge in [-0.3, -0.25) is 4.79 Å². The quantitative estimate of drug-likeness (QED) is 0.771. The van der Waals surface area contributed by atoms with Crippen molar-refractivity contribution in [3.63, 3.8) is 0 Å². The summed E-state index contributed by atoms with van der Waals surface area (Å²) in [7, 11) is 0. The van der Waals surface area contributed by atoms with Gasteiger partial charge in [0.1, 0.15) is 6.61 Å². The van der Waals surface area contributed by atoms with Crippen molar-refractivity contribution in [2.75, 3.05) is 0 Å². The Hall–Kier alpha value is -2.04. The minimum absolute atomic E-state index is 0.0169. The van der Waals surface area contributed by atoms with Gasteiger partial charge in [0.05, 0.1) is 6.42 Å². The van der Waals surface area contributed by atoms with Crippen LogP contribution in [0.3, 0.4) is 0 Å². The van der Waals surface area contributed by atoms with E-state index in [9.17, 15) is 9.59 Å². The molecule has 0 radical (unpaired) electrons. The average Bonchev–Trinajstić information content (AvgIpc) is 2.16. The second-order valence-corrected chi connectivity index (χ2v) is 2.99. The first-order valence-corrected chi connectivity index (χ1v) is 4.30. The van der Waals surface area contributed by atoms with E-state index in [1.165, 1.54) is 0 Å². The second kappa shape index (κ2) is 4.99. The first-order chi connectivity index (χ1) is 7.08. The SMILES string of the molecule is NC(=O)OCc1ccc(CC(=O)O)cc1. The van der Waals surface area contributed by atoms with Crippen LogP contribution in [0.4, 0.5) is 4.79 Å². The molecule has 1 aromatic rings. The third-order valence-electron chi connectivity index (χ3n) is 1.76. The number of carboxylic acid groups (broad SMARTS) is 1. The van der Waals surface area contributed by atoms with Gasteiger partial charge in [0.15, 0.2) is 0 Å². The van der Waals surface area contributed by atoms with E-state index in [4.69, 9.17) is 10.8 Å². The monoisotopic (exact) mass is 209 g/mol. The maximum atomic E-state index is 10.4. The lowest BCUT2D eigenvalue weighted by molar-refractivity contribution is -0.136. The number of aliphatic carboxylic acids is 1. The normalized spacial score (nSPS) is 9.60. The molecule has 0 saturated carbocycles. The van der Waals surface area contributed by atoms with Gasteiger partial charge >= 0.3 is 12.1 Å². The number of carbonyl (C=O) groups excluding carboxylic acids is 1. The van der Waals surface area contributed by atoms with Gasteiger partial charge in [0.25, 0.3) is 0 Å². The molecule has 0 saturated heterocycles. The largest absolute Gasteiger partial charge is 0.481 e. The Kier molecular flexibility index (Phi) is 3.68. The summed E-state index contributed by atoms with van der Waals surface area (Å²) in [6.07, 6.45) is -0.846. The number of carboxylic acids is 1. The highest BCUT2D eigenvalue weighted by molar-refractivity contribution is 5.70. The van der Waals surface area contributed by atoms with E-state index >= 15 is 0 Å². The highest BCUT2D eigenvalue weighted by Crippen LogP contribution is 2.06. The number of rotatable bonds is 4. The summed E-state index contributed by atoms with van der Waals surface area (Å²) in [5, 5.41) is 8.53. The Labute approximate surface area is 86.5 Å². The maximum absolute atomic E-state index is 10.4. The first-order valence-electron chi connectivity index (χ1n) is 4.30. The molecule has 0 aliphatic rings. The minimum Gasteiger partial charge on any atom is -0.481 e. The molecule has 0 aliphatic carbocycles. The van der Waals surface area contributed by atoms with Crippen LogP contribution in [0.25, 0.3) is 0 Å². The van der Waals surface area contributed by atoms with E-state index in [1.807, 2.05) is 0 Å². The van der Waals surface area contributed by atoms with E-state index in [0.29, 0.717) is 5.56 Å². The van der Waals surface area contributed by atoms with Gasteiger partial charge in [-0.25, -0.2) is 4.79 Å². The number of hydrogen-bond donors (Lipinski definition) is 2. The Balaban J connectivity index is 2.56. The topological polar surface area (TPSA) is 89.6 Å². The van der Waals surface area contributed by atoms with E-state index in [1.54, 1.807) is 24.3 Å². The molecule has 1 rings (SSSR count). The number of nitrogens with two attached hydrogens (primary N) is 1. The molecule has 5 nitrogen and oxygen atoms in total. The molecule has 80 valence electrons. The van der Waals surface area contributed by atoms with Crippen LogP contribution in [0.15, 0.2) is 24.3 Å². The second-order valence-electron chi connectivity index (χ2n) is 2.99. The third kappa shape index (κ3) is 4.12. The van der Waals surface area contributed by atoms with Gasteiger partial charge in [-0.05, 0) is 11.1 Å². The van der Waals surface area contributed by atoms with Crippen molar-refractivity contribution >= 4 is 12.1 Å². The van der Waals surface area contributed by atoms with Gasteiger partial charge in [-0.2, -0.15) is 0 Å². The zero-order valence-electron chi connectivity index (χ0n) is 7.97. The number of ether oxygens (including phenoxy) is 1. The molecule has 3 N–H and O–H groups in total. The molecule has 0 heterocycles. The van der Waals surface area contributed by atoms with E-state index in [0.717, 1.165) is 5.56 Å². The Morgan fingerprint density at radius 3 is 2.20 bits per heavy atom. The van der Waals surface area contributed by atoms with Crippen molar-refractivity contribution in [2.24, 2.45) is 5.73 Å². The molecule has 1 amide bonds. The summed E-state index contributed by atoms with van der Waals surface area (Å²) in [5.74, 6) is -0.879. The number of primary amides is 1. The molecule has 1 aromatic carbocycles. The molecule has 5 heteroatoms. The zero-order chi connectivity index (χ0) is 11.3. The molecular weight excluding hydrogens is 198 g/mol. The van der Waals surface area contributed by atoms with Crippen molar-refractivity contribution in [3.8, 4) is 0 Å². The van der Waals surface area contributed by atoms with Crippen LogP contribution in [-0.2, 0) is 22.6 Å². The number of benzene rings is 1. The van der Waals surface area contributed by atoms with Crippen LogP contribution < -0.4 is 5.73 Å². The fourth-order valence-corrected chi connectivity index (χ4v) is 1.08. The van der Waals surface area contributed by atoms with E-state index in [2.05, 4.69) is 4.74 Å². The summed E-state index contributed by atoms with van der Waals surface area (Å²) < 4.78 is 4.57. The third-order valence-corrected chi connectivity index (χ3v) is 1.76. The van der Waals surface area contributed by atoms with Crippen LogP contribution in [0.5, 0.6) is 0 Å². The fourth-order valence-electron chi connectivity index (χ4n) is 1.08. The van der Waals surface area contributed by atoms with Gasteiger partial charge in [-0.1, -0.05) is 24.3 Å². The highest BCUT2D eigenvalue weighted by Gasteiger charge is 2.01. The standard InChI is InChI=1S/C10H11NO4/c11-10(14)15-6-8-3-1-7(2-4-8)5-9(12)13/h1-4H,5-6H2,(H2,11,14)(H,12,13). The van der Waals surface area contributed by atoms with E-state index < -0.39 is 12.1 Å². The minimum atomic E-state index is -0.879. The smallest absolute Gasteiger partial charge is 0.404 e. The van der Waals surface area contributed by atoms with Crippen LogP contribution in [0.1, 0.15) is 11.1 Å². The molecule has 0 bridgehead atoms. The molecule has 0 aromatic heterocycles. The van der Waals surface area contributed by atoms with Crippen molar-refractivity contribution in [2.45, 2.75) is 13.0 Å². The fraction of sp³-hybridized carbons (Fsp3) is 0.200. The molecule has 0 unspecified atom stereocenters. The summed E-state index contributed by atoms with van der Waals surface area (Å²) in [6.45, 7) is 0.0999. The van der Waals surface area contributed by atoms with Gasteiger partial charge in [0, 0.05) is 0 Å². The van der Waals surface area contributed by atoms with Gasteiger partial charge in [0.2, 0.25) is 0 Å². The number of amides is 1. The highest BCUT2D eigenvalue weighted by atomic mass is 16.5. The van der Waals surface area contributed by atoms with Crippen LogP contribution >= 0.6 is 0 Å². The molecular formula is C10H11NO4. The molecule has 0 spiro atoms. The van der Waals surface area contributed by atoms with Crippen molar-refractivity contribution in [1.82, 2.24) is 0 Å². The van der Waals surface area contributed by atoms with E-state index in [-0.39, 0.29) is 13.0 Å². The van der Waals surface area contributed by atoms with Crippen LogP contribution in [0, 0.1) is 0 Å². The van der Waals surface area contributed by atoms with Crippen molar-refractivity contribution in [1.29, 1.82) is 0 Å². The van der Waals surface area contributed by atoms with Gasteiger partial charge in [-0.15, -0.1) is 0 Å². The summed E-state index contributed by atoms with van der Waals surface area (Å²) in [4.78, 5) is 20.7. The summed E-state index contributed by atoms with van der Waals surface area (Å²) in [6, 6.07) is 6.74. The predicted molar refractivity (Wildman–Crippen MR) is 52.2 cm³/mol. The first kappa shape index (κ1) is 11.0. The van der Waals surface area contributed by atoms with Crippen molar-refractivity contribution in [3.05, 3.63) is 35.4 Å². The Bertz CT molecular complexity index is 358.